The standard InChI is InChI=1S/C12H12FNO3/c1-16-12(15)6-3-7-17-11-5-2-4-10(13)9(11)8-14/h2,4-5H,3,6-7H2,1H3. The van der Waals surface area contributed by atoms with Crippen molar-refractivity contribution in [3.63, 3.8) is 0 Å². The summed E-state index contributed by atoms with van der Waals surface area (Å²) in [6.45, 7) is 0.229. The van der Waals surface area contributed by atoms with Crippen LogP contribution in [0.15, 0.2) is 18.2 Å². The predicted molar refractivity (Wildman–Crippen MR) is 57.9 cm³/mol. The molecule has 0 aliphatic carbocycles. The van der Waals surface area contributed by atoms with Gasteiger partial charge in [-0.3, -0.25) is 4.79 Å². The third kappa shape index (κ3) is 3.76. The van der Waals surface area contributed by atoms with Crippen LogP contribution in [0.2, 0.25) is 0 Å². The second-order valence-electron chi connectivity index (χ2n) is 3.25. The van der Waals surface area contributed by atoms with Crippen molar-refractivity contribution >= 4 is 5.97 Å². The van der Waals surface area contributed by atoms with Crippen molar-refractivity contribution < 1.29 is 18.7 Å². The Hall–Kier alpha value is -2.09. The lowest BCUT2D eigenvalue weighted by Gasteiger charge is -2.07. The Morgan fingerprint density at radius 2 is 2.29 bits per heavy atom. The average molecular weight is 237 g/mol. The minimum atomic E-state index is -0.613. The van der Waals surface area contributed by atoms with Crippen LogP contribution in [-0.4, -0.2) is 19.7 Å². The highest BCUT2D eigenvalue weighted by Crippen LogP contribution is 2.20. The van der Waals surface area contributed by atoms with E-state index in [0.717, 1.165) is 0 Å². The van der Waals surface area contributed by atoms with E-state index in [-0.39, 0.29) is 30.3 Å². The number of benzene rings is 1. The van der Waals surface area contributed by atoms with Gasteiger partial charge in [0.15, 0.2) is 0 Å². The van der Waals surface area contributed by atoms with Crippen LogP contribution in [0, 0.1) is 17.1 Å². The second-order valence-corrected chi connectivity index (χ2v) is 3.25. The lowest BCUT2D eigenvalue weighted by molar-refractivity contribution is -0.140. The van der Waals surface area contributed by atoms with Gasteiger partial charge in [0.1, 0.15) is 23.2 Å². The van der Waals surface area contributed by atoms with Crippen molar-refractivity contribution in [2.45, 2.75) is 12.8 Å². The number of ether oxygens (including phenoxy) is 2. The molecule has 0 spiro atoms. The first-order valence-electron chi connectivity index (χ1n) is 5.07. The van der Waals surface area contributed by atoms with Crippen molar-refractivity contribution in [1.29, 1.82) is 5.26 Å². The van der Waals surface area contributed by atoms with Crippen molar-refractivity contribution in [3.8, 4) is 11.8 Å². The smallest absolute Gasteiger partial charge is 0.305 e. The molecule has 5 heteroatoms. The number of methoxy groups -OCH3 is 1. The highest BCUT2D eigenvalue weighted by atomic mass is 19.1. The summed E-state index contributed by atoms with van der Waals surface area (Å²) in [5.41, 5.74) is -0.120. The van der Waals surface area contributed by atoms with Gasteiger partial charge in [-0.05, 0) is 18.6 Å². The summed E-state index contributed by atoms with van der Waals surface area (Å²) >= 11 is 0. The molecule has 0 fully saturated rings. The molecule has 1 rings (SSSR count). The van der Waals surface area contributed by atoms with E-state index in [9.17, 15) is 9.18 Å². The SMILES string of the molecule is COC(=O)CCCOc1cccc(F)c1C#N. The summed E-state index contributed by atoms with van der Waals surface area (Å²) in [7, 11) is 1.31. The average Bonchev–Trinajstić information content (AvgIpc) is 2.34. The summed E-state index contributed by atoms with van der Waals surface area (Å²) in [6, 6.07) is 5.91. The maximum Gasteiger partial charge on any atom is 0.305 e. The minimum Gasteiger partial charge on any atom is -0.492 e. The summed E-state index contributed by atoms with van der Waals surface area (Å²) in [4.78, 5) is 10.8. The van der Waals surface area contributed by atoms with Crippen LogP contribution < -0.4 is 4.74 Å². The van der Waals surface area contributed by atoms with Gasteiger partial charge in [-0.1, -0.05) is 6.07 Å². The number of carbonyl (C=O) groups is 1. The van der Waals surface area contributed by atoms with E-state index < -0.39 is 5.82 Å². The van der Waals surface area contributed by atoms with Crippen molar-refractivity contribution in [1.82, 2.24) is 0 Å². The number of hydrogen-bond acceptors (Lipinski definition) is 4. The quantitative estimate of drug-likeness (QED) is 0.580. The fourth-order valence-corrected chi connectivity index (χ4v) is 1.23. The van der Waals surface area contributed by atoms with Gasteiger partial charge >= 0.3 is 5.97 Å². The van der Waals surface area contributed by atoms with Crippen LogP contribution in [0.3, 0.4) is 0 Å². The molecule has 90 valence electrons. The monoisotopic (exact) mass is 237 g/mol. The fourth-order valence-electron chi connectivity index (χ4n) is 1.23. The van der Waals surface area contributed by atoms with E-state index in [1.165, 1.54) is 25.3 Å². The molecule has 0 saturated carbocycles. The van der Waals surface area contributed by atoms with Gasteiger partial charge < -0.3 is 9.47 Å². The molecule has 1 aromatic rings. The number of hydrogen-bond donors (Lipinski definition) is 0. The number of carbonyl (C=O) groups excluding carboxylic acids is 1. The van der Waals surface area contributed by atoms with Gasteiger partial charge in [-0.15, -0.1) is 0 Å². The third-order valence-electron chi connectivity index (χ3n) is 2.10. The zero-order valence-corrected chi connectivity index (χ0v) is 9.40. The van der Waals surface area contributed by atoms with Crippen LogP contribution in [-0.2, 0) is 9.53 Å². The molecule has 0 atom stereocenters. The number of nitrogens with zero attached hydrogens (tertiary/aromatic N) is 1. The van der Waals surface area contributed by atoms with Crippen LogP contribution in [0.4, 0.5) is 4.39 Å². The van der Waals surface area contributed by atoms with Gasteiger partial charge in [0.2, 0.25) is 0 Å². The molecular formula is C12H12FNO3. The van der Waals surface area contributed by atoms with Crippen molar-refractivity contribution in [2.24, 2.45) is 0 Å². The fraction of sp³-hybridized carbons (Fsp3) is 0.333. The Kier molecular flexibility index (Phi) is 4.95. The van der Waals surface area contributed by atoms with Gasteiger partial charge in [-0.2, -0.15) is 5.26 Å². The Bertz CT molecular complexity index is 440. The van der Waals surface area contributed by atoms with Gasteiger partial charge in [-0.25, -0.2) is 4.39 Å². The summed E-state index contributed by atoms with van der Waals surface area (Å²) in [5, 5.41) is 8.74. The van der Waals surface area contributed by atoms with E-state index in [2.05, 4.69) is 4.74 Å². The molecular weight excluding hydrogens is 225 g/mol. The van der Waals surface area contributed by atoms with Gasteiger partial charge in [0.25, 0.3) is 0 Å². The van der Waals surface area contributed by atoms with E-state index in [1.807, 2.05) is 0 Å². The molecule has 0 radical (unpaired) electrons. The molecule has 0 heterocycles. The molecule has 0 unspecified atom stereocenters. The zero-order valence-electron chi connectivity index (χ0n) is 9.40. The van der Waals surface area contributed by atoms with E-state index in [0.29, 0.717) is 6.42 Å². The normalized spacial score (nSPS) is 9.47. The molecule has 0 amide bonds. The van der Waals surface area contributed by atoms with Crippen LogP contribution in [0.5, 0.6) is 5.75 Å². The lowest BCUT2D eigenvalue weighted by Crippen LogP contribution is -2.05. The van der Waals surface area contributed by atoms with Crippen LogP contribution in [0.1, 0.15) is 18.4 Å². The first-order chi connectivity index (χ1) is 8.19. The number of esters is 1. The summed E-state index contributed by atoms with van der Waals surface area (Å²) < 4.78 is 22.9. The third-order valence-corrected chi connectivity index (χ3v) is 2.10. The van der Waals surface area contributed by atoms with E-state index in [1.54, 1.807) is 6.07 Å². The second kappa shape index (κ2) is 6.48. The summed E-state index contributed by atoms with van der Waals surface area (Å²) in [6.07, 6.45) is 0.682. The maximum atomic E-state index is 13.2. The molecule has 0 bridgehead atoms. The van der Waals surface area contributed by atoms with Crippen molar-refractivity contribution in [2.75, 3.05) is 13.7 Å². The predicted octanol–water partition coefficient (Wildman–Crippen LogP) is 2.03. The number of rotatable bonds is 5. The van der Waals surface area contributed by atoms with E-state index in [4.69, 9.17) is 10.00 Å². The number of halogens is 1. The van der Waals surface area contributed by atoms with Crippen molar-refractivity contribution in [3.05, 3.63) is 29.6 Å². The highest BCUT2D eigenvalue weighted by Gasteiger charge is 2.08. The Morgan fingerprint density at radius 1 is 1.53 bits per heavy atom. The largest absolute Gasteiger partial charge is 0.492 e. The Labute approximate surface area is 98.6 Å². The maximum absolute atomic E-state index is 13.2. The van der Waals surface area contributed by atoms with Crippen LogP contribution >= 0.6 is 0 Å². The molecule has 0 aliphatic rings. The van der Waals surface area contributed by atoms with E-state index >= 15 is 0 Å². The molecule has 0 aromatic heterocycles. The Balaban J connectivity index is 2.50. The molecule has 0 N–H and O–H groups in total. The first kappa shape index (κ1) is 13.0. The highest BCUT2D eigenvalue weighted by molar-refractivity contribution is 5.69. The topological polar surface area (TPSA) is 59.3 Å². The molecule has 1 aromatic carbocycles. The van der Waals surface area contributed by atoms with Gasteiger partial charge in [0.05, 0.1) is 13.7 Å². The van der Waals surface area contributed by atoms with Crippen LogP contribution in [0.25, 0.3) is 0 Å². The molecule has 17 heavy (non-hydrogen) atoms. The summed E-state index contributed by atoms with van der Waals surface area (Å²) in [5.74, 6) is -0.747. The molecule has 0 saturated heterocycles. The lowest BCUT2D eigenvalue weighted by atomic mass is 10.2. The zero-order chi connectivity index (χ0) is 12.7. The minimum absolute atomic E-state index is 0.120. The molecule has 4 nitrogen and oxygen atoms in total. The molecule has 0 aliphatic heterocycles. The Morgan fingerprint density at radius 3 is 2.94 bits per heavy atom. The number of nitriles is 1. The van der Waals surface area contributed by atoms with Gasteiger partial charge in [0, 0.05) is 6.42 Å². The first-order valence-corrected chi connectivity index (χ1v) is 5.07.